The largest absolute Gasteiger partial charge is 0.353 e. The van der Waals surface area contributed by atoms with Gasteiger partial charge in [0.15, 0.2) is 0 Å². The van der Waals surface area contributed by atoms with E-state index in [1.54, 1.807) is 4.68 Å². The number of aryl methyl sites for hydroxylation is 2. The van der Waals surface area contributed by atoms with Crippen molar-refractivity contribution in [1.29, 1.82) is 0 Å². The Hall–Kier alpha value is -3.42. The van der Waals surface area contributed by atoms with Crippen LogP contribution in [0.15, 0.2) is 42.5 Å². The van der Waals surface area contributed by atoms with Crippen molar-refractivity contribution in [3.05, 3.63) is 53.9 Å². The summed E-state index contributed by atoms with van der Waals surface area (Å²) in [7, 11) is 1.84. The second-order valence-electron chi connectivity index (χ2n) is 8.90. The van der Waals surface area contributed by atoms with Gasteiger partial charge in [-0.3, -0.25) is 9.48 Å². The molecule has 0 spiro atoms. The number of rotatable bonds is 4. The van der Waals surface area contributed by atoms with E-state index in [-0.39, 0.29) is 5.91 Å². The Kier molecular flexibility index (Phi) is 5.98. The van der Waals surface area contributed by atoms with Crippen molar-refractivity contribution in [3.63, 3.8) is 0 Å². The molecule has 0 radical (unpaired) electrons. The lowest BCUT2D eigenvalue weighted by Gasteiger charge is -2.36. The van der Waals surface area contributed by atoms with Gasteiger partial charge in [0.1, 0.15) is 11.5 Å². The van der Waals surface area contributed by atoms with E-state index < -0.39 is 0 Å². The first kappa shape index (κ1) is 21.4. The zero-order valence-corrected chi connectivity index (χ0v) is 19.4. The summed E-state index contributed by atoms with van der Waals surface area (Å²) >= 11 is 0. The highest BCUT2D eigenvalue weighted by atomic mass is 16.2. The average Bonchev–Trinajstić information content (AvgIpc) is 3.26. The Morgan fingerprint density at radius 1 is 0.848 bits per heavy atom. The summed E-state index contributed by atoms with van der Waals surface area (Å²) in [5.41, 5.74) is 3.44. The number of piperidine rings is 1. The van der Waals surface area contributed by atoms with E-state index in [1.165, 1.54) is 19.3 Å². The first-order valence-electron chi connectivity index (χ1n) is 11.8. The normalized spacial score (nSPS) is 16.8. The second kappa shape index (κ2) is 9.21. The summed E-state index contributed by atoms with van der Waals surface area (Å²) in [6.07, 6.45) is 3.69. The monoisotopic (exact) mass is 445 g/mol. The van der Waals surface area contributed by atoms with Crippen LogP contribution in [0.5, 0.6) is 0 Å². The quantitative estimate of drug-likeness (QED) is 0.615. The molecule has 2 saturated heterocycles. The van der Waals surface area contributed by atoms with Gasteiger partial charge in [0, 0.05) is 63.6 Å². The molecule has 0 saturated carbocycles. The summed E-state index contributed by atoms with van der Waals surface area (Å²) < 4.78 is 1.69. The number of carbonyl (C=O) groups excluding carboxylic acids is 1. The molecule has 2 aromatic heterocycles. The van der Waals surface area contributed by atoms with E-state index in [9.17, 15) is 4.79 Å². The van der Waals surface area contributed by atoms with Crippen LogP contribution in [0.2, 0.25) is 0 Å². The standard InChI is InChI=1S/C25H31N7O/c1-19-17-23(27-25(26-19)32-11-7-4-8-12-32)30-13-15-31(16-14-30)24(33)22-18-21(28-29(22)2)20-9-5-3-6-10-20/h3,5-6,9-10,17-18H,4,7-8,11-16H2,1-2H3. The second-order valence-corrected chi connectivity index (χ2v) is 8.90. The minimum atomic E-state index is 0.0275. The van der Waals surface area contributed by atoms with Gasteiger partial charge in [-0.05, 0) is 32.3 Å². The van der Waals surface area contributed by atoms with E-state index in [2.05, 4.69) is 25.9 Å². The lowest BCUT2D eigenvalue weighted by atomic mass is 10.1. The molecule has 0 N–H and O–H groups in total. The van der Waals surface area contributed by atoms with Gasteiger partial charge in [-0.2, -0.15) is 10.1 Å². The van der Waals surface area contributed by atoms with Gasteiger partial charge in [-0.15, -0.1) is 0 Å². The molecule has 1 aromatic carbocycles. The molecule has 0 aliphatic carbocycles. The lowest BCUT2D eigenvalue weighted by Crippen LogP contribution is -2.49. The molecule has 0 atom stereocenters. The number of amides is 1. The van der Waals surface area contributed by atoms with Gasteiger partial charge < -0.3 is 14.7 Å². The maximum absolute atomic E-state index is 13.2. The van der Waals surface area contributed by atoms with Crippen LogP contribution in [-0.4, -0.2) is 69.8 Å². The van der Waals surface area contributed by atoms with Crippen molar-refractivity contribution in [1.82, 2.24) is 24.6 Å². The molecule has 3 aromatic rings. The molecule has 5 rings (SSSR count). The number of piperazine rings is 1. The molecule has 2 aliphatic heterocycles. The molecular weight excluding hydrogens is 414 g/mol. The number of hydrogen-bond acceptors (Lipinski definition) is 6. The smallest absolute Gasteiger partial charge is 0.272 e. The molecular formula is C25H31N7O. The van der Waals surface area contributed by atoms with E-state index in [4.69, 9.17) is 4.98 Å². The zero-order valence-electron chi connectivity index (χ0n) is 19.4. The van der Waals surface area contributed by atoms with E-state index >= 15 is 0 Å². The molecule has 172 valence electrons. The van der Waals surface area contributed by atoms with Crippen LogP contribution in [0.3, 0.4) is 0 Å². The Morgan fingerprint density at radius 3 is 2.30 bits per heavy atom. The molecule has 2 aliphatic rings. The number of hydrogen-bond donors (Lipinski definition) is 0. The molecule has 1 amide bonds. The number of nitrogens with zero attached hydrogens (tertiary/aromatic N) is 7. The third-order valence-electron chi connectivity index (χ3n) is 6.53. The van der Waals surface area contributed by atoms with Crippen LogP contribution in [0.25, 0.3) is 11.3 Å². The summed E-state index contributed by atoms with van der Waals surface area (Å²) in [6, 6.07) is 13.9. The molecule has 8 heteroatoms. The Labute approximate surface area is 194 Å². The Bertz CT molecular complexity index is 1110. The molecule has 0 unspecified atom stereocenters. The van der Waals surface area contributed by atoms with Crippen LogP contribution >= 0.6 is 0 Å². The topological polar surface area (TPSA) is 70.4 Å². The number of carbonyl (C=O) groups is 1. The third-order valence-corrected chi connectivity index (χ3v) is 6.53. The van der Waals surface area contributed by atoms with Crippen molar-refractivity contribution in [2.24, 2.45) is 7.05 Å². The summed E-state index contributed by atoms with van der Waals surface area (Å²) in [6.45, 7) is 6.92. The number of benzene rings is 1. The van der Waals surface area contributed by atoms with Crippen LogP contribution in [0, 0.1) is 6.92 Å². The van der Waals surface area contributed by atoms with Crippen molar-refractivity contribution in [3.8, 4) is 11.3 Å². The predicted octanol–water partition coefficient (Wildman–Crippen LogP) is 3.14. The van der Waals surface area contributed by atoms with E-state index in [0.717, 1.165) is 54.9 Å². The average molecular weight is 446 g/mol. The maximum Gasteiger partial charge on any atom is 0.272 e. The van der Waals surface area contributed by atoms with E-state index in [0.29, 0.717) is 18.8 Å². The van der Waals surface area contributed by atoms with Gasteiger partial charge in [0.25, 0.3) is 5.91 Å². The van der Waals surface area contributed by atoms with E-state index in [1.807, 2.05) is 55.3 Å². The Morgan fingerprint density at radius 2 is 1.58 bits per heavy atom. The summed E-state index contributed by atoms with van der Waals surface area (Å²) in [4.78, 5) is 29.3. The first-order chi connectivity index (χ1) is 16.1. The zero-order chi connectivity index (χ0) is 22.8. The van der Waals surface area contributed by atoms with Crippen LogP contribution in [0.4, 0.5) is 11.8 Å². The van der Waals surface area contributed by atoms with Crippen LogP contribution < -0.4 is 9.80 Å². The molecule has 0 bridgehead atoms. The highest BCUT2D eigenvalue weighted by molar-refractivity contribution is 5.94. The molecule has 4 heterocycles. The van der Waals surface area contributed by atoms with Gasteiger partial charge >= 0.3 is 0 Å². The highest BCUT2D eigenvalue weighted by Gasteiger charge is 2.26. The highest BCUT2D eigenvalue weighted by Crippen LogP contribution is 2.23. The van der Waals surface area contributed by atoms with Gasteiger partial charge in [-0.25, -0.2) is 4.98 Å². The van der Waals surface area contributed by atoms with Gasteiger partial charge in [0.2, 0.25) is 5.95 Å². The third kappa shape index (κ3) is 4.55. The fourth-order valence-corrected chi connectivity index (χ4v) is 4.65. The molecule has 2 fully saturated rings. The van der Waals surface area contributed by atoms with Crippen molar-refractivity contribution >= 4 is 17.7 Å². The maximum atomic E-state index is 13.2. The van der Waals surface area contributed by atoms with Gasteiger partial charge in [0.05, 0.1) is 5.69 Å². The molecule has 33 heavy (non-hydrogen) atoms. The first-order valence-corrected chi connectivity index (χ1v) is 11.8. The minimum absolute atomic E-state index is 0.0275. The SMILES string of the molecule is Cc1cc(N2CCN(C(=O)c3cc(-c4ccccc4)nn3C)CC2)nc(N2CCCCC2)n1. The van der Waals surface area contributed by atoms with Crippen LogP contribution in [-0.2, 0) is 7.05 Å². The fraction of sp³-hybridized carbons (Fsp3) is 0.440. The number of anilines is 2. The fourth-order valence-electron chi connectivity index (χ4n) is 4.65. The minimum Gasteiger partial charge on any atom is -0.353 e. The lowest BCUT2D eigenvalue weighted by molar-refractivity contribution is 0.0735. The van der Waals surface area contributed by atoms with Crippen molar-refractivity contribution < 1.29 is 4.79 Å². The summed E-state index contributed by atoms with van der Waals surface area (Å²) in [5.74, 6) is 1.83. The number of aromatic nitrogens is 4. The van der Waals surface area contributed by atoms with Crippen molar-refractivity contribution in [2.45, 2.75) is 26.2 Å². The van der Waals surface area contributed by atoms with Crippen LogP contribution in [0.1, 0.15) is 35.4 Å². The predicted molar refractivity (Wildman–Crippen MR) is 130 cm³/mol. The summed E-state index contributed by atoms with van der Waals surface area (Å²) in [5, 5.41) is 4.56. The van der Waals surface area contributed by atoms with Gasteiger partial charge in [-0.1, -0.05) is 30.3 Å². The Balaban J connectivity index is 1.26. The van der Waals surface area contributed by atoms with Crippen molar-refractivity contribution in [2.75, 3.05) is 49.1 Å². The molecule has 8 nitrogen and oxygen atoms in total.